The molecule has 4 nitrogen and oxygen atoms in total. The number of methoxy groups -OCH3 is 2. The zero-order chi connectivity index (χ0) is 15.0. The summed E-state index contributed by atoms with van der Waals surface area (Å²) in [5.41, 5.74) is 2.12. The Labute approximate surface area is 122 Å². The Morgan fingerprint density at radius 2 is 1.81 bits per heavy atom. The minimum atomic E-state index is -0.101. The first-order valence-corrected chi connectivity index (χ1v) is 6.75. The molecule has 3 rings (SSSR count). The van der Waals surface area contributed by atoms with Crippen molar-refractivity contribution in [2.45, 2.75) is 12.8 Å². The summed E-state index contributed by atoms with van der Waals surface area (Å²) in [6.45, 7) is 0. The number of aliphatic hydroxyl groups excluding tert-OH is 1. The van der Waals surface area contributed by atoms with Crippen LogP contribution in [-0.4, -0.2) is 25.1 Å². The van der Waals surface area contributed by atoms with Crippen LogP contribution < -0.4 is 9.47 Å². The molecule has 1 aliphatic rings. The minimum absolute atomic E-state index is 0.101. The molecule has 21 heavy (non-hydrogen) atoms. The summed E-state index contributed by atoms with van der Waals surface area (Å²) in [7, 11) is 3.20. The van der Waals surface area contributed by atoms with E-state index in [2.05, 4.69) is 0 Å². The number of aliphatic hydroxyl groups is 1. The first kappa shape index (κ1) is 13.5. The van der Waals surface area contributed by atoms with E-state index in [-0.39, 0.29) is 5.78 Å². The lowest BCUT2D eigenvalue weighted by Crippen LogP contribution is -2.14. The molecule has 1 aliphatic carbocycles. The van der Waals surface area contributed by atoms with Crippen molar-refractivity contribution in [3.8, 4) is 11.5 Å². The van der Waals surface area contributed by atoms with Gasteiger partial charge in [0.05, 0.1) is 20.5 Å². The first-order valence-electron chi connectivity index (χ1n) is 6.75. The van der Waals surface area contributed by atoms with Gasteiger partial charge in [0.2, 0.25) is 0 Å². The number of carbonyl (C=O) groups excluding carboxylic acids is 1. The van der Waals surface area contributed by atoms with Gasteiger partial charge in [0.25, 0.3) is 0 Å². The number of ether oxygens (including phenoxy) is 2. The second-order valence-electron chi connectivity index (χ2n) is 5.00. The van der Waals surface area contributed by atoms with Crippen LogP contribution in [0.15, 0.2) is 36.1 Å². The molecule has 4 heteroatoms. The Morgan fingerprint density at radius 3 is 2.48 bits per heavy atom. The first-order chi connectivity index (χ1) is 10.2. The summed E-state index contributed by atoms with van der Waals surface area (Å²) in [5.74, 6) is 1.22. The number of carbonyl (C=O) groups is 1. The van der Waals surface area contributed by atoms with Crippen molar-refractivity contribution in [1.29, 1.82) is 0 Å². The van der Waals surface area contributed by atoms with E-state index < -0.39 is 0 Å². The Hall–Kier alpha value is -2.49. The number of allylic oxidation sites excluding steroid dienone is 1. The average Bonchev–Trinajstić information content (AvgIpc) is 2.53. The molecular formula is C17H16O4. The van der Waals surface area contributed by atoms with Crippen LogP contribution in [-0.2, 0) is 6.42 Å². The zero-order valence-corrected chi connectivity index (χ0v) is 12.0. The van der Waals surface area contributed by atoms with Crippen molar-refractivity contribution < 1.29 is 19.4 Å². The van der Waals surface area contributed by atoms with Crippen LogP contribution in [0.4, 0.5) is 0 Å². The molecule has 0 amide bonds. The number of benzene rings is 2. The largest absolute Gasteiger partial charge is 0.515 e. The Kier molecular flexibility index (Phi) is 3.29. The van der Waals surface area contributed by atoms with E-state index in [0.717, 1.165) is 29.0 Å². The van der Waals surface area contributed by atoms with Gasteiger partial charge in [-0.2, -0.15) is 0 Å². The lowest BCUT2D eigenvalue weighted by Gasteiger charge is -2.19. The molecule has 0 saturated carbocycles. The normalized spacial score (nSPS) is 16.1. The highest BCUT2D eigenvalue weighted by molar-refractivity contribution is 6.13. The fourth-order valence-corrected chi connectivity index (χ4v) is 2.86. The molecule has 108 valence electrons. The van der Waals surface area contributed by atoms with Crippen LogP contribution in [0.25, 0.3) is 10.8 Å². The molecule has 0 unspecified atom stereocenters. The maximum absolute atomic E-state index is 12.3. The van der Waals surface area contributed by atoms with Crippen molar-refractivity contribution in [1.82, 2.24) is 0 Å². The Bertz CT molecular complexity index is 759. The predicted molar refractivity (Wildman–Crippen MR) is 80.4 cm³/mol. The van der Waals surface area contributed by atoms with Crippen molar-refractivity contribution in [2.75, 3.05) is 14.2 Å². The van der Waals surface area contributed by atoms with E-state index in [4.69, 9.17) is 14.6 Å². The summed E-state index contributed by atoms with van der Waals surface area (Å²) >= 11 is 0. The second kappa shape index (κ2) is 5.13. The molecule has 0 radical (unpaired) electrons. The van der Waals surface area contributed by atoms with Gasteiger partial charge in [-0.3, -0.25) is 4.79 Å². The van der Waals surface area contributed by atoms with E-state index >= 15 is 0 Å². The molecule has 0 bridgehead atoms. The molecule has 0 heterocycles. The molecule has 0 spiro atoms. The van der Waals surface area contributed by atoms with Gasteiger partial charge in [0.1, 0.15) is 0 Å². The number of rotatable bonds is 2. The molecule has 0 atom stereocenters. The third-order valence-electron chi connectivity index (χ3n) is 3.97. The van der Waals surface area contributed by atoms with Crippen LogP contribution in [0.5, 0.6) is 11.5 Å². The van der Waals surface area contributed by atoms with Crippen molar-refractivity contribution in [2.24, 2.45) is 0 Å². The number of hydrogen-bond donors (Lipinski definition) is 1. The minimum Gasteiger partial charge on any atom is -0.515 e. The van der Waals surface area contributed by atoms with E-state index in [9.17, 15) is 4.79 Å². The average molecular weight is 284 g/mol. The van der Waals surface area contributed by atoms with Crippen molar-refractivity contribution in [3.05, 3.63) is 47.2 Å². The second-order valence-corrected chi connectivity index (χ2v) is 5.00. The zero-order valence-electron chi connectivity index (χ0n) is 12.0. The Morgan fingerprint density at radius 1 is 1.10 bits per heavy atom. The lowest BCUT2D eigenvalue weighted by atomic mass is 9.84. The molecule has 0 saturated heterocycles. The number of Topliss-reactive ketones (excluding diaryl/α,β-unsaturated/α-hetero) is 1. The van der Waals surface area contributed by atoms with Gasteiger partial charge in [-0.25, -0.2) is 0 Å². The van der Waals surface area contributed by atoms with E-state index in [1.165, 1.54) is 0 Å². The Balaban J connectivity index is 2.27. The van der Waals surface area contributed by atoms with Crippen LogP contribution in [0.3, 0.4) is 0 Å². The van der Waals surface area contributed by atoms with E-state index in [1.807, 2.05) is 24.3 Å². The standard InChI is InChI=1S/C17H16O4/c1-20-15-7-10-3-6-13-12(14(10)8-16(15)21-2)5-4-11(9-18)17(13)19/h3,6-9,18H,4-5H2,1-2H3/b11-9-. The number of aryl methyl sites for hydroxylation is 1. The molecular weight excluding hydrogens is 268 g/mol. The van der Waals surface area contributed by atoms with Gasteiger partial charge in [-0.05, 0) is 41.3 Å². The van der Waals surface area contributed by atoms with Crippen LogP contribution in [0.1, 0.15) is 22.3 Å². The highest BCUT2D eigenvalue weighted by Gasteiger charge is 2.24. The van der Waals surface area contributed by atoms with Gasteiger partial charge >= 0.3 is 0 Å². The van der Waals surface area contributed by atoms with Gasteiger partial charge in [-0.1, -0.05) is 12.1 Å². The highest BCUT2D eigenvalue weighted by Crippen LogP contribution is 2.37. The van der Waals surface area contributed by atoms with Gasteiger partial charge < -0.3 is 14.6 Å². The van der Waals surface area contributed by atoms with Gasteiger partial charge in [0.15, 0.2) is 17.3 Å². The van der Waals surface area contributed by atoms with E-state index in [1.54, 1.807) is 14.2 Å². The third-order valence-corrected chi connectivity index (χ3v) is 3.97. The highest BCUT2D eigenvalue weighted by atomic mass is 16.5. The summed E-state index contributed by atoms with van der Waals surface area (Å²) in [4.78, 5) is 12.3. The fraction of sp³-hybridized carbons (Fsp3) is 0.235. The maximum atomic E-state index is 12.3. The summed E-state index contributed by atoms with van der Waals surface area (Å²) in [6.07, 6.45) is 2.19. The molecule has 2 aromatic rings. The lowest BCUT2D eigenvalue weighted by molar-refractivity contribution is 0.102. The summed E-state index contributed by atoms with van der Waals surface area (Å²) in [6, 6.07) is 7.53. The molecule has 0 aromatic heterocycles. The van der Waals surface area contributed by atoms with Crippen LogP contribution in [0, 0.1) is 0 Å². The molecule has 1 N–H and O–H groups in total. The quantitative estimate of drug-likeness (QED) is 0.678. The molecule has 2 aromatic carbocycles. The van der Waals surface area contributed by atoms with Gasteiger partial charge in [0, 0.05) is 11.1 Å². The topological polar surface area (TPSA) is 55.8 Å². The monoisotopic (exact) mass is 284 g/mol. The number of hydrogen-bond acceptors (Lipinski definition) is 4. The predicted octanol–water partition coefficient (Wildman–Crippen LogP) is 3.43. The van der Waals surface area contributed by atoms with E-state index in [0.29, 0.717) is 29.1 Å². The number of ketones is 1. The van der Waals surface area contributed by atoms with Crippen molar-refractivity contribution >= 4 is 16.6 Å². The van der Waals surface area contributed by atoms with Crippen LogP contribution >= 0.6 is 0 Å². The smallest absolute Gasteiger partial charge is 0.192 e. The fourth-order valence-electron chi connectivity index (χ4n) is 2.86. The summed E-state index contributed by atoms with van der Waals surface area (Å²) in [5, 5.41) is 11.1. The molecule has 0 fully saturated rings. The van der Waals surface area contributed by atoms with Crippen LogP contribution in [0.2, 0.25) is 0 Å². The van der Waals surface area contributed by atoms with Crippen molar-refractivity contribution in [3.63, 3.8) is 0 Å². The summed E-state index contributed by atoms with van der Waals surface area (Å²) < 4.78 is 10.7. The van der Waals surface area contributed by atoms with Gasteiger partial charge in [-0.15, -0.1) is 0 Å². The SMILES string of the molecule is COc1cc2ccc3c(c2cc1OC)CC/C(=C/O)C3=O. The number of fused-ring (bicyclic) bond motifs is 3. The molecule has 0 aliphatic heterocycles. The maximum Gasteiger partial charge on any atom is 0.192 e. The third kappa shape index (κ3) is 2.03.